The highest BCUT2D eigenvalue weighted by Crippen LogP contribution is 3.49. The van der Waals surface area contributed by atoms with Crippen molar-refractivity contribution in [2.45, 2.75) is 46.5 Å². The second-order valence-electron chi connectivity index (χ2n) is 22.0. The smallest absolute Gasteiger partial charge is 0.00511 e. The number of hydrogen-bond donors (Lipinski definition) is 0. The van der Waals surface area contributed by atoms with Gasteiger partial charge in [-0.05, 0) is 190 Å². The minimum absolute atomic E-state index is 0.867. The summed E-state index contributed by atoms with van der Waals surface area (Å²) in [5.41, 5.74) is 13.5. The third-order valence-electron chi connectivity index (χ3n) is 28.4. The van der Waals surface area contributed by atoms with Gasteiger partial charge in [-0.1, -0.05) is 20.8 Å². The molecule has 0 amide bonds. The zero-order valence-electron chi connectivity index (χ0n) is 21.5. The van der Waals surface area contributed by atoms with Gasteiger partial charge in [-0.25, -0.2) is 0 Å². The quantitative estimate of drug-likeness (QED) is 0.476. The second-order valence-corrected chi connectivity index (χ2v) is 22.0. The maximum Gasteiger partial charge on any atom is -0.00511 e. The molecule has 0 saturated heterocycles. The van der Waals surface area contributed by atoms with E-state index in [0.717, 1.165) is 75.8 Å². The highest BCUT2D eigenvalue weighted by molar-refractivity contribution is 5.92. The summed E-state index contributed by atoms with van der Waals surface area (Å²) in [5.74, 6) is 19.5. The fraction of sp³-hybridized carbons (Fsp3) is 1.00. The van der Waals surface area contributed by atoms with Crippen molar-refractivity contribution in [3.63, 3.8) is 0 Å². The highest BCUT2D eigenvalue weighted by Gasteiger charge is 3.47. The van der Waals surface area contributed by atoms with Crippen molar-refractivity contribution < 1.29 is 0 Å². The molecule has 21 aliphatic rings. The van der Waals surface area contributed by atoms with Crippen LogP contribution in [0.25, 0.3) is 0 Å². The first-order valence-corrected chi connectivity index (χ1v) is 17.5. The number of fused-ring (bicyclic) bond motifs is 11. The lowest BCUT2D eigenvalue weighted by Crippen LogP contribution is -3.38. The Morgan fingerprint density at radius 1 is 0.306 bits per heavy atom. The third-order valence-corrected chi connectivity index (χ3v) is 28.4. The molecule has 176 valence electrons. The Bertz CT molecular complexity index is 1750. The summed E-state index contributed by atoms with van der Waals surface area (Å²) in [6, 6.07) is 0. The topological polar surface area (TPSA) is 0 Å². The van der Waals surface area contributed by atoms with Gasteiger partial charge in [-0.15, -0.1) is 0 Å². The van der Waals surface area contributed by atoms with Crippen LogP contribution in [0, 0.1) is 165 Å². The third kappa shape index (κ3) is 0.359. The van der Waals surface area contributed by atoms with Crippen molar-refractivity contribution in [3.05, 3.63) is 0 Å². The molecule has 0 aromatic heterocycles. The Kier molecular flexibility index (Phi) is 0.893. The molecule has 21 saturated carbocycles. The van der Waals surface area contributed by atoms with E-state index < -0.39 is 0 Å². The molecule has 21 rings (SSSR count). The van der Waals surface area contributed by atoms with Gasteiger partial charge in [0.1, 0.15) is 0 Å². The standard InChI is InChI=1S/C36H32/c1-23-26-8-4-12(26)16-17-13-5-9-11-7-15-19-21-22-20-18-14-6-10(8)28(14,26)32(18,23)35(20)30(16,23)25(3)31(17)24(2)27(9,13)29(11,15)33(19,24)36(21,31)34(22,25)35/h8-22H,4-7H2,1-3H3. The van der Waals surface area contributed by atoms with E-state index in [1.54, 1.807) is 25.7 Å². The van der Waals surface area contributed by atoms with E-state index in [4.69, 9.17) is 0 Å². The first-order valence-electron chi connectivity index (χ1n) is 17.5. The Hall–Kier alpha value is 0. The monoisotopic (exact) mass is 464 g/mol. The fourth-order valence-corrected chi connectivity index (χ4v) is 34.4. The first kappa shape index (κ1) is 14.1. The van der Waals surface area contributed by atoms with Crippen molar-refractivity contribution in [1.82, 2.24) is 0 Å². The molecule has 26 atom stereocenters. The van der Waals surface area contributed by atoms with E-state index in [0.29, 0.717) is 0 Å². The molecule has 11 spiro atoms. The van der Waals surface area contributed by atoms with Crippen LogP contribution < -0.4 is 0 Å². The molecule has 0 bridgehead atoms. The predicted octanol–water partition coefficient (Wildman–Crippen LogP) is 4.94. The van der Waals surface area contributed by atoms with E-state index in [1.807, 2.05) is 0 Å². The van der Waals surface area contributed by atoms with Gasteiger partial charge in [0.15, 0.2) is 0 Å². The summed E-state index contributed by atoms with van der Waals surface area (Å²) in [5, 5.41) is 0. The minimum Gasteiger partial charge on any atom is -0.0579 e. The molecule has 21 fully saturated rings. The number of rotatable bonds is 0. The van der Waals surface area contributed by atoms with Crippen molar-refractivity contribution >= 4 is 0 Å². The second kappa shape index (κ2) is 2.29. The summed E-state index contributed by atoms with van der Waals surface area (Å²) >= 11 is 0. The summed E-state index contributed by atoms with van der Waals surface area (Å²) in [7, 11) is 0. The Balaban J connectivity index is 1.07. The zero-order valence-corrected chi connectivity index (χ0v) is 21.5. The minimum atomic E-state index is 0.867. The van der Waals surface area contributed by atoms with Gasteiger partial charge in [0.2, 0.25) is 0 Å². The fourth-order valence-electron chi connectivity index (χ4n) is 34.4. The maximum absolute atomic E-state index is 3.19. The average molecular weight is 465 g/mol. The summed E-state index contributed by atoms with van der Waals surface area (Å²) in [6.45, 7) is 9.46. The van der Waals surface area contributed by atoms with Crippen molar-refractivity contribution in [1.29, 1.82) is 0 Å². The lowest BCUT2D eigenvalue weighted by atomic mass is 8.62. The maximum atomic E-state index is 3.19. The number of hydrogen-bond acceptors (Lipinski definition) is 0. The molecule has 0 aromatic rings. The van der Waals surface area contributed by atoms with Crippen LogP contribution in [0.1, 0.15) is 46.5 Å². The molecule has 0 N–H and O–H groups in total. The predicted molar refractivity (Wildman–Crippen MR) is 122 cm³/mol. The average Bonchev–Trinajstić information content (AvgIpc) is 3.03. The molecule has 0 radical (unpaired) electrons. The molecule has 0 heterocycles. The molecule has 26 unspecified atom stereocenters. The molecule has 36 heavy (non-hydrogen) atoms. The SMILES string of the molecule is CC12C34C5CC3C3C6C7CC8C9CC%10C%11C%12C%13C%14C%15C%16CC5C%164C%151C%141C32C2(C)C63C4(C)C87C9%10C%114C%123C%1321. The lowest BCUT2D eigenvalue weighted by molar-refractivity contribution is -0.953. The van der Waals surface area contributed by atoms with E-state index in [9.17, 15) is 0 Å². The van der Waals surface area contributed by atoms with Gasteiger partial charge >= 0.3 is 0 Å². The van der Waals surface area contributed by atoms with Gasteiger partial charge < -0.3 is 0 Å². The van der Waals surface area contributed by atoms with Gasteiger partial charge in [0.05, 0.1) is 0 Å². The van der Waals surface area contributed by atoms with E-state index in [1.165, 1.54) is 88.8 Å². The summed E-state index contributed by atoms with van der Waals surface area (Å²) in [4.78, 5) is 0. The van der Waals surface area contributed by atoms with Crippen LogP contribution in [-0.2, 0) is 0 Å². The highest BCUT2D eigenvalue weighted by atomic mass is 15.5. The molecule has 21 aliphatic carbocycles. The lowest BCUT2D eigenvalue weighted by Gasteiger charge is -3.40. The van der Waals surface area contributed by atoms with Crippen LogP contribution in [0.15, 0.2) is 0 Å². The molecule has 0 nitrogen and oxygen atoms in total. The van der Waals surface area contributed by atoms with Crippen LogP contribution >= 0.6 is 0 Å². The molecule has 0 heteroatoms. The van der Waals surface area contributed by atoms with Crippen LogP contribution in [0.3, 0.4) is 0 Å². The Morgan fingerprint density at radius 3 is 1.14 bits per heavy atom. The Morgan fingerprint density at radius 2 is 0.667 bits per heavy atom. The van der Waals surface area contributed by atoms with Crippen LogP contribution in [0.5, 0.6) is 0 Å². The van der Waals surface area contributed by atoms with Crippen LogP contribution in [0.2, 0.25) is 0 Å². The largest absolute Gasteiger partial charge is 0.0579 e. The van der Waals surface area contributed by atoms with E-state index >= 15 is 0 Å². The van der Waals surface area contributed by atoms with Gasteiger partial charge in [-0.3, -0.25) is 0 Å². The summed E-state index contributed by atoms with van der Waals surface area (Å²) in [6.07, 6.45) is 7.08. The zero-order chi connectivity index (χ0) is 21.5. The molecular formula is C36H32. The van der Waals surface area contributed by atoms with Crippen LogP contribution in [-0.4, -0.2) is 0 Å². The van der Waals surface area contributed by atoms with Gasteiger partial charge in [0, 0.05) is 0 Å². The van der Waals surface area contributed by atoms with E-state index in [2.05, 4.69) is 20.8 Å². The normalized spacial score (nSPS) is 123. The molecule has 0 aliphatic heterocycles. The van der Waals surface area contributed by atoms with Crippen LogP contribution in [0.4, 0.5) is 0 Å². The van der Waals surface area contributed by atoms with Crippen molar-refractivity contribution in [2.24, 2.45) is 165 Å². The Labute approximate surface area is 210 Å². The van der Waals surface area contributed by atoms with Crippen molar-refractivity contribution in [2.75, 3.05) is 0 Å². The van der Waals surface area contributed by atoms with Crippen molar-refractivity contribution in [3.8, 4) is 0 Å². The summed E-state index contributed by atoms with van der Waals surface area (Å²) < 4.78 is 0. The first-order chi connectivity index (χ1) is 17.5. The van der Waals surface area contributed by atoms with Gasteiger partial charge in [0.25, 0.3) is 0 Å². The molecule has 0 aromatic carbocycles. The van der Waals surface area contributed by atoms with Gasteiger partial charge in [-0.2, -0.15) is 0 Å². The van der Waals surface area contributed by atoms with E-state index in [-0.39, 0.29) is 0 Å². The molecular weight excluding hydrogens is 432 g/mol.